The van der Waals surface area contributed by atoms with Crippen molar-refractivity contribution in [3.05, 3.63) is 53.6 Å². The lowest BCUT2D eigenvalue weighted by atomic mass is 9.87. The summed E-state index contributed by atoms with van der Waals surface area (Å²) in [6.07, 6.45) is -0.791. The average Bonchev–Trinajstić information content (AvgIpc) is 2.71. The Labute approximate surface area is 177 Å². The predicted molar refractivity (Wildman–Crippen MR) is 115 cm³/mol. The highest BCUT2D eigenvalue weighted by atomic mass is 16.5. The summed E-state index contributed by atoms with van der Waals surface area (Å²) in [5.74, 6) is 0.604. The number of carbonyl (C=O) groups is 2. The molecule has 0 heterocycles. The molecular weight excluding hydrogens is 384 g/mol. The van der Waals surface area contributed by atoms with Gasteiger partial charge in [-0.2, -0.15) is 0 Å². The van der Waals surface area contributed by atoms with Crippen molar-refractivity contribution in [2.24, 2.45) is 0 Å². The van der Waals surface area contributed by atoms with Crippen molar-refractivity contribution in [1.29, 1.82) is 0 Å². The van der Waals surface area contributed by atoms with Gasteiger partial charge in [-0.1, -0.05) is 32.9 Å². The molecule has 2 aromatic rings. The maximum absolute atomic E-state index is 12.3. The van der Waals surface area contributed by atoms with E-state index in [0.29, 0.717) is 29.4 Å². The van der Waals surface area contributed by atoms with Crippen LogP contribution in [0, 0.1) is 0 Å². The van der Waals surface area contributed by atoms with Crippen molar-refractivity contribution < 1.29 is 23.8 Å². The molecule has 0 saturated carbocycles. The molecule has 0 aliphatic carbocycles. The Balaban J connectivity index is 1.92. The fourth-order valence-corrected chi connectivity index (χ4v) is 2.67. The third-order valence-electron chi connectivity index (χ3n) is 4.43. The van der Waals surface area contributed by atoms with E-state index in [1.165, 1.54) is 12.7 Å². The Bertz CT molecular complexity index is 872. The fourth-order valence-electron chi connectivity index (χ4n) is 2.67. The van der Waals surface area contributed by atoms with E-state index in [2.05, 4.69) is 31.6 Å². The summed E-state index contributed by atoms with van der Waals surface area (Å²) in [5, 5.41) is 0. The maximum atomic E-state index is 12.3. The topological polar surface area (TPSA) is 85.9 Å². The first-order valence-corrected chi connectivity index (χ1v) is 9.84. The second-order valence-electron chi connectivity index (χ2n) is 7.78. The quantitative estimate of drug-likeness (QED) is 0.676. The number of hydrazine groups is 1. The lowest BCUT2D eigenvalue weighted by molar-refractivity contribution is -0.128. The molecule has 0 bridgehead atoms. The molecule has 0 aliphatic heterocycles. The minimum atomic E-state index is -0.791. The van der Waals surface area contributed by atoms with Gasteiger partial charge in [0.2, 0.25) is 0 Å². The highest BCUT2D eigenvalue weighted by molar-refractivity contribution is 5.96. The molecule has 30 heavy (non-hydrogen) atoms. The summed E-state index contributed by atoms with van der Waals surface area (Å²) in [6, 6.07) is 12.4. The van der Waals surface area contributed by atoms with Gasteiger partial charge in [0.15, 0.2) is 17.6 Å². The third kappa shape index (κ3) is 6.14. The summed E-state index contributed by atoms with van der Waals surface area (Å²) < 4.78 is 16.3. The molecule has 2 N–H and O–H groups in total. The zero-order chi connectivity index (χ0) is 22.3. The second kappa shape index (κ2) is 10.0. The smallest absolute Gasteiger partial charge is 0.279 e. The van der Waals surface area contributed by atoms with Gasteiger partial charge in [0, 0.05) is 5.56 Å². The molecule has 7 nitrogen and oxygen atoms in total. The van der Waals surface area contributed by atoms with Gasteiger partial charge in [-0.3, -0.25) is 20.4 Å². The SMILES string of the molecule is CCOc1ccc(C(=O)NNC(=O)[C@@H](C)Oc2ccc(C(C)(C)C)cc2)cc1OC. The third-order valence-corrected chi connectivity index (χ3v) is 4.43. The maximum Gasteiger partial charge on any atom is 0.279 e. The van der Waals surface area contributed by atoms with E-state index in [0.717, 1.165) is 0 Å². The molecule has 162 valence electrons. The van der Waals surface area contributed by atoms with Crippen LogP contribution >= 0.6 is 0 Å². The number of nitrogens with one attached hydrogen (secondary N) is 2. The van der Waals surface area contributed by atoms with E-state index >= 15 is 0 Å². The average molecular weight is 415 g/mol. The minimum Gasteiger partial charge on any atom is -0.493 e. The molecule has 0 saturated heterocycles. The van der Waals surface area contributed by atoms with Gasteiger partial charge in [-0.15, -0.1) is 0 Å². The van der Waals surface area contributed by atoms with Crippen molar-refractivity contribution >= 4 is 11.8 Å². The molecular formula is C23H30N2O5. The molecule has 2 aromatic carbocycles. The summed E-state index contributed by atoms with van der Waals surface area (Å²) in [5.41, 5.74) is 6.29. The van der Waals surface area contributed by atoms with E-state index in [1.807, 2.05) is 31.2 Å². The molecule has 0 fully saturated rings. The Morgan fingerprint density at radius 2 is 1.67 bits per heavy atom. The number of rotatable bonds is 7. The van der Waals surface area contributed by atoms with Crippen LogP contribution in [0.5, 0.6) is 17.2 Å². The zero-order valence-corrected chi connectivity index (χ0v) is 18.4. The van der Waals surface area contributed by atoms with Crippen LogP contribution in [0.4, 0.5) is 0 Å². The number of amides is 2. The first-order chi connectivity index (χ1) is 14.2. The van der Waals surface area contributed by atoms with E-state index in [1.54, 1.807) is 25.1 Å². The lowest BCUT2D eigenvalue weighted by Gasteiger charge is -2.20. The van der Waals surface area contributed by atoms with Crippen molar-refractivity contribution in [2.45, 2.75) is 46.1 Å². The van der Waals surface area contributed by atoms with E-state index in [-0.39, 0.29) is 5.41 Å². The molecule has 0 unspecified atom stereocenters. The Morgan fingerprint density at radius 1 is 1.00 bits per heavy atom. The largest absolute Gasteiger partial charge is 0.493 e. The van der Waals surface area contributed by atoms with Crippen LogP contribution in [0.15, 0.2) is 42.5 Å². The second-order valence-corrected chi connectivity index (χ2v) is 7.78. The number of methoxy groups -OCH3 is 1. The zero-order valence-electron chi connectivity index (χ0n) is 18.4. The van der Waals surface area contributed by atoms with Crippen molar-refractivity contribution in [3.8, 4) is 17.2 Å². The van der Waals surface area contributed by atoms with Crippen LogP contribution in [0.1, 0.15) is 50.5 Å². The number of benzene rings is 2. The minimum absolute atomic E-state index is 0.0371. The molecule has 0 radical (unpaired) electrons. The van der Waals surface area contributed by atoms with Crippen LogP contribution < -0.4 is 25.1 Å². The van der Waals surface area contributed by atoms with E-state index in [9.17, 15) is 9.59 Å². The fraction of sp³-hybridized carbons (Fsp3) is 0.391. The Morgan fingerprint density at radius 3 is 2.23 bits per heavy atom. The monoisotopic (exact) mass is 414 g/mol. The van der Waals surface area contributed by atoms with Gasteiger partial charge in [-0.05, 0) is 55.2 Å². The molecule has 1 atom stereocenters. The Kier molecular flexibility index (Phi) is 7.69. The normalized spacial score (nSPS) is 11.9. The molecule has 0 spiro atoms. The first kappa shape index (κ1) is 23.1. The molecule has 0 aliphatic rings. The summed E-state index contributed by atoms with van der Waals surface area (Å²) in [6.45, 7) is 10.3. The standard InChI is InChI=1S/C23H30N2O5/c1-7-29-19-13-8-16(14-20(19)28-6)22(27)25-24-21(26)15(2)30-18-11-9-17(10-12-18)23(3,4)5/h8-15H,7H2,1-6H3,(H,24,26)(H,25,27)/t15-/m1/s1. The van der Waals surface area contributed by atoms with Crippen LogP contribution in [0.2, 0.25) is 0 Å². The van der Waals surface area contributed by atoms with Gasteiger partial charge >= 0.3 is 0 Å². The highest BCUT2D eigenvalue weighted by Crippen LogP contribution is 2.28. The first-order valence-electron chi connectivity index (χ1n) is 9.84. The predicted octanol–water partition coefficient (Wildman–Crippen LogP) is 3.62. The molecule has 7 heteroatoms. The number of ether oxygens (including phenoxy) is 3. The molecule has 0 aromatic heterocycles. The van der Waals surface area contributed by atoms with Gasteiger partial charge in [0.25, 0.3) is 11.8 Å². The Hall–Kier alpha value is -3.22. The lowest BCUT2D eigenvalue weighted by Crippen LogP contribution is -2.47. The summed E-state index contributed by atoms with van der Waals surface area (Å²) in [4.78, 5) is 24.6. The van der Waals surface area contributed by atoms with Crippen molar-refractivity contribution in [3.63, 3.8) is 0 Å². The van der Waals surface area contributed by atoms with Gasteiger partial charge in [0.1, 0.15) is 5.75 Å². The van der Waals surface area contributed by atoms with Crippen molar-refractivity contribution in [1.82, 2.24) is 10.9 Å². The highest BCUT2D eigenvalue weighted by Gasteiger charge is 2.18. The van der Waals surface area contributed by atoms with Gasteiger partial charge in [-0.25, -0.2) is 0 Å². The van der Waals surface area contributed by atoms with Gasteiger partial charge in [0.05, 0.1) is 13.7 Å². The number of hydrogen-bond acceptors (Lipinski definition) is 5. The van der Waals surface area contributed by atoms with Gasteiger partial charge < -0.3 is 14.2 Å². The molecule has 2 amide bonds. The molecule has 2 rings (SSSR count). The van der Waals surface area contributed by atoms with Crippen LogP contribution in [-0.4, -0.2) is 31.6 Å². The van der Waals surface area contributed by atoms with Crippen LogP contribution in [0.3, 0.4) is 0 Å². The number of hydrogen-bond donors (Lipinski definition) is 2. The van der Waals surface area contributed by atoms with Crippen molar-refractivity contribution in [2.75, 3.05) is 13.7 Å². The van der Waals surface area contributed by atoms with Crippen LogP contribution in [0.25, 0.3) is 0 Å². The van der Waals surface area contributed by atoms with E-state index < -0.39 is 17.9 Å². The summed E-state index contributed by atoms with van der Waals surface area (Å²) in [7, 11) is 1.49. The van der Waals surface area contributed by atoms with Crippen LogP contribution in [-0.2, 0) is 10.2 Å². The summed E-state index contributed by atoms with van der Waals surface area (Å²) >= 11 is 0. The van der Waals surface area contributed by atoms with E-state index in [4.69, 9.17) is 14.2 Å². The number of carbonyl (C=O) groups excluding carboxylic acids is 2.